The van der Waals surface area contributed by atoms with Crippen molar-refractivity contribution in [3.05, 3.63) is 52.9 Å². The van der Waals surface area contributed by atoms with Crippen molar-refractivity contribution in [2.24, 2.45) is 0 Å². The molecule has 6 nitrogen and oxygen atoms in total. The Morgan fingerprint density at radius 2 is 2.31 bits per heavy atom. The molecule has 1 N–H and O–H groups in total. The molecule has 26 heavy (non-hydrogen) atoms. The molecule has 1 aromatic heterocycles. The Balaban J connectivity index is 1.61. The topological polar surface area (TPSA) is 74.5 Å². The second kappa shape index (κ2) is 8.31. The summed E-state index contributed by atoms with van der Waals surface area (Å²) >= 11 is 1.21. The molecule has 1 amide bonds. The molecule has 1 atom stereocenters. The Hall–Kier alpha value is -2.41. The highest BCUT2D eigenvalue weighted by Gasteiger charge is 2.22. The molecular formula is C19H22N2O4S. The first kappa shape index (κ1) is 18.4. The average molecular weight is 374 g/mol. The molecule has 138 valence electrons. The van der Waals surface area contributed by atoms with Gasteiger partial charge in [-0.3, -0.25) is 4.79 Å². The van der Waals surface area contributed by atoms with E-state index in [9.17, 15) is 10.0 Å². The molecule has 0 fully saturated rings. The number of carbonyl (C=O) groups is 1. The van der Waals surface area contributed by atoms with E-state index in [1.807, 2.05) is 26.0 Å². The van der Waals surface area contributed by atoms with Gasteiger partial charge in [0.05, 0.1) is 12.4 Å². The van der Waals surface area contributed by atoms with Gasteiger partial charge in [0.1, 0.15) is 17.6 Å². The van der Waals surface area contributed by atoms with Gasteiger partial charge in [-0.1, -0.05) is 0 Å². The molecular weight excluding hydrogens is 352 g/mol. The highest BCUT2D eigenvalue weighted by molar-refractivity contribution is 7.99. The first-order valence-electron chi connectivity index (χ1n) is 8.59. The fourth-order valence-electron chi connectivity index (χ4n) is 2.82. The first-order chi connectivity index (χ1) is 12.6. The van der Waals surface area contributed by atoms with Gasteiger partial charge in [0.2, 0.25) is 5.91 Å². The van der Waals surface area contributed by atoms with Crippen molar-refractivity contribution < 1.29 is 19.0 Å². The molecule has 1 aromatic carbocycles. The van der Waals surface area contributed by atoms with Crippen molar-refractivity contribution in [2.45, 2.75) is 37.9 Å². The van der Waals surface area contributed by atoms with E-state index < -0.39 is 0 Å². The number of nitrogens with one attached hydrogen (secondary N) is 1. The Labute approximate surface area is 157 Å². The van der Waals surface area contributed by atoms with Crippen LogP contribution in [0.1, 0.15) is 25.0 Å². The largest absolute Gasteiger partial charge is 0.618 e. The normalized spacial score (nSPS) is 15.2. The molecule has 0 radical (unpaired) electrons. The van der Waals surface area contributed by atoms with Gasteiger partial charge in [-0.05, 0) is 43.8 Å². The molecule has 0 unspecified atom stereocenters. The second-order valence-corrected chi connectivity index (χ2v) is 7.06. The van der Waals surface area contributed by atoms with Gasteiger partial charge in [-0.15, -0.1) is 0 Å². The van der Waals surface area contributed by atoms with E-state index in [2.05, 4.69) is 5.32 Å². The number of amides is 1. The lowest BCUT2D eigenvalue weighted by molar-refractivity contribution is -0.645. The average Bonchev–Trinajstić information content (AvgIpc) is 2.98. The summed E-state index contributed by atoms with van der Waals surface area (Å²) in [7, 11) is 0. The Kier molecular flexibility index (Phi) is 5.88. The molecule has 2 heterocycles. The SMILES string of the molecule is CCOc1cc2c(cc1CNC(=O)CSc1cccc[n+]1[O-])O[C@@H](C)C2. The minimum atomic E-state index is -0.143. The van der Waals surface area contributed by atoms with Crippen LogP contribution in [0.5, 0.6) is 11.5 Å². The zero-order chi connectivity index (χ0) is 18.5. The standard InChI is InChI=1S/C19H22N2O4S/c1-3-24-16-9-14-8-13(2)25-17(14)10-15(16)11-20-18(22)12-26-19-6-4-5-7-21(19)23/h4-7,9-10,13H,3,8,11-12H2,1-2H3,(H,20,22)/t13-/m0/s1. The lowest BCUT2D eigenvalue weighted by atomic mass is 10.1. The third-order valence-corrected chi connectivity index (χ3v) is 5.01. The van der Waals surface area contributed by atoms with Crippen LogP contribution in [0, 0.1) is 5.21 Å². The number of carbonyl (C=O) groups excluding carboxylic acids is 1. The third-order valence-electron chi connectivity index (χ3n) is 3.99. The van der Waals surface area contributed by atoms with E-state index in [-0.39, 0.29) is 17.8 Å². The summed E-state index contributed by atoms with van der Waals surface area (Å²) in [5.41, 5.74) is 2.02. The van der Waals surface area contributed by atoms with Gasteiger partial charge < -0.3 is 20.0 Å². The van der Waals surface area contributed by atoms with Gasteiger partial charge in [0.25, 0.3) is 5.03 Å². The number of pyridine rings is 1. The number of hydrogen-bond acceptors (Lipinski definition) is 5. The lowest BCUT2D eigenvalue weighted by Crippen LogP contribution is -2.30. The van der Waals surface area contributed by atoms with E-state index in [0.29, 0.717) is 18.2 Å². The summed E-state index contributed by atoms with van der Waals surface area (Å²) < 4.78 is 12.3. The summed E-state index contributed by atoms with van der Waals surface area (Å²) in [5, 5.41) is 15.0. The van der Waals surface area contributed by atoms with Crippen LogP contribution in [0.15, 0.2) is 41.6 Å². The van der Waals surface area contributed by atoms with Crippen LogP contribution in [0.25, 0.3) is 0 Å². The number of fused-ring (bicyclic) bond motifs is 1. The number of ether oxygens (including phenoxy) is 2. The van der Waals surface area contributed by atoms with Gasteiger partial charge in [-0.2, -0.15) is 4.73 Å². The highest BCUT2D eigenvalue weighted by Crippen LogP contribution is 2.35. The van der Waals surface area contributed by atoms with E-state index in [4.69, 9.17) is 9.47 Å². The maximum Gasteiger partial charge on any atom is 0.251 e. The van der Waals surface area contributed by atoms with Crippen molar-refractivity contribution in [3.63, 3.8) is 0 Å². The fourth-order valence-corrected chi connectivity index (χ4v) is 3.56. The number of rotatable bonds is 7. The van der Waals surface area contributed by atoms with Crippen molar-refractivity contribution in [2.75, 3.05) is 12.4 Å². The summed E-state index contributed by atoms with van der Waals surface area (Å²) in [5.74, 6) is 1.67. The molecule has 7 heteroatoms. The van der Waals surface area contributed by atoms with Crippen LogP contribution in [-0.2, 0) is 17.8 Å². The zero-order valence-corrected chi connectivity index (χ0v) is 15.7. The molecule has 0 saturated carbocycles. The second-order valence-electron chi connectivity index (χ2n) is 6.06. The predicted molar refractivity (Wildman–Crippen MR) is 99.4 cm³/mol. The van der Waals surface area contributed by atoms with Crippen LogP contribution in [0.2, 0.25) is 0 Å². The van der Waals surface area contributed by atoms with E-state index in [1.54, 1.807) is 18.2 Å². The van der Waals surface area contributed by atoms with Crippen LogP contribution >= 0.6 is 11.8 Å². The van der Waals surface area contributed by atoms with Crippen molar-refractivity contribution in [1.29, 1.82) is 0 Å². The monoisotopic (exact) mass is 374 g/mol. The Morgan fingerprint density at radius 3 is 3.08 bits per heavy atom. The van der Waals surface area contributed by atoms with E-state index in [1.165, 1.54) is 18.0 Å². The van der Waals surface area contributed by atoms with Crippen LogP contribution in [-0.4, -0.2) is 24.4 Å². The smallest absolute Gasteiger partial charge is 0.251 e. The fraction of sp³-hybridized carbons (Fsp3) is 0.368. The molecule has 2 aromatic rings. The summed E-state index contributed by atoms with van der Waals surface area (Å²) in [6, 6.07) is 9.07. The molecule has 1 aliphatic heterocycles. The number of aromatic nitrogens is 1. The molecule has 0 aliphatic carbocycles. The van der Waals surface area contributed by atoms with Crippen LogP contribution in [0.3, 0.4) is 0 Å². The summed E-state index contributed by atoms with van der Waals surface area (Å²) in [6.45, 7) is 4.88. The van der Waals surface area contributed by atoms with Crippen molar-refractivity contribution in [3.8, 4) is 11.5 Å². The van der Waals surface area contributed by atoms with Gasteiger partial charge >= 0.3 is 0 Å². The number of hydrogen-bond donors (Lipinski definition) is 1. The van der Waals surface area contributed by atoms with Crippen LogP contribution in [0.4, 0.5) is 0 Å². The molecule has 0 bridgehead atoms. The molecule has 3 rings (SSSR count). The number of benzene rings is 1. The maximum absolute atomic E-state index is 12.1. The molecule has 0 spiro atoms. The van der Waals surface area contributed by atoms with Crippen LogP contribution < -0.4 is 19.5 Å². The van der Waals surface area contributed by atoms with Crippen molar-refractivity contribution in [1.82, 2.24) is 5.32 Å². The molecule has 0 saturated heterocycles. The predicted octanol–water partition coefficient (Wildman–Crippen LogP) is 2.45. The minimum absolute atomic E-state index is 0.143. The quantitative estimate of drug-likeness (QED) is 0.458. The zero-order valence-electron chi connectivity index (χ0n) is 14.9. The number of thioether (sulfide) groups is 1. The summed E-state index contributed by atoms with van der Waals surface area (Å²) in [4.78, 5) is 12.1. The Bertz CT molecular complexity index is 797. The maximum atomic E-state index is 12.1. The third kappa shape index (κ3) is 4.40. The molecule has 1 aliphatic rings. The minimum Gasteiger partial charge on any atom is -0.618 e. The summed E-state index contributed by atoms with van der Waals surface area (Å²) in [6.07, 6.45) is 2.44. The first-order valence-corrected chi connectivity index (χ1v) is 9.58. The lowest BCUT2D eigenvalue weighted by Gasteiger charge is -2.13. The Morgan fingerprint density at radius 1 is 1.46 bits per heavy atom. The van der Waals surface area contributed by atoms with Crippen molar-refractivity contribution >= 4 is 17.7 Å². The van der Waals surface area contributed by atoms with Gasteiger partial charge in [0.15, 0.2) is 6.20 Å². The van der Waals surface area contributed by atoms with Gasteiger partial charge in [-0.25, -0.2) is 0 Å². The highest BCUT2D eigenvalue weighted by atomic mass is 32.2. The number of nitrogens with zero attached hydrogens (tertiary/aromatic N) is 1. The van der Waals surface area contributed by atoms with E-state index >= 15 is 0 Å². The van der Waals surface area contributed by atoms with Gasteiger partial charge in [0, 0.05) is 36.2 Å². The van der Waals surface area contributed by atoms with E-state index in [0.717, 1.165) is 33.8 Å².